The lowest BCUT2D eigenvalue weighted by Gasteiger charge is -2.33. The van der Waals surface area contributed by atoms with Gasteiger partial charge in [-0.1, -0.05) is 12.8 Å². The Kier molecular flexibility index (Phi) is 8.01. The Labute approximate surface area is 158 Å². The molecule has 1 saturated heterocycles. The second-order valence-corrected chi connectivity index (χ2v) is 7.92. The number of halogens is 1. The summed E-state index contributed by atoms with van der Waals surface area (Å²) in [6, 6.07) is 0.663. The second-order valence-electron chi connectivity index (χ2n) is 7.92. The molecule has 5 nitrogen and oxygen atoms in total. The molecular weight excluding hydrogens is 338 g/mol. The van der Waals surface area contributed by atoms with Crippen LogP contribution in [0.4, 0.5) is 0 Å². The van der Waals surface area contributed by atoms with Crippen molar-refractivity contribution in [3.8, 4) is 0 Å². The molecule has 0 aromatic carbocycles. The van der Waals surface area contributed by atoms with Gasteiger partial charge in [0.1, 0.15) is 0 Å². The third-order valence-electron chi connectivity index (χ3n) is 6.25. The Hall–Kier alpha value is -0.810. The fourth-order valence-electron chi connectivity index (χ4n) is 4.80. The molecule has 2 amide bonds. The first-order valence-electron chi connectivity index (χ1n) is 9.94. The Morgan fingerprint density at radius 1 is 0.920 bits per heavy atom. The van der Waals surface area contributed by atoms with Crippen molar-refractivity contribution >= 4 is 24.2 Å². The predicted molar refractivity (Wildman–Crippen MR) is 102 cm³/mol. The standard InChI is InChI=1S/C19H33N3O2.ClH/c1-20-13-17-7-4-12-22(17)19(24)15-8-10-16(11-9-15)21-18(23)14-5-2-3-6-14;/h14-17,20H,2-13H2,1H3,(H,21,23);1H. The molecule has 3 rings (SSSR count). The van der Waals surface area contributed by atoms with E-state index < -0.39 is 0 Å². The highest BCUT2D eigenvalue weighted by Crippen LogP contribution is 2.30. The van der Waals surface area contributed by atoms with Crippen LogP contribution >= 0.6 is 12.4 Å². The van der Waals surface area contributed by atoms with Gasteiger partial charge >= 0.3 is 0 Å². The molecule has 1 unspecified atom stereocenters. The summed E-state index contributed by atoms with van der Waals surface area (Å²) in [7, 11) is 1.96. The van der Waals surface area contributed by atoms with Crippen molar-refractivity contribution in [2.45, 2.75) is 76.3 Å². The molecule has 3 aliphatic rings. The molecule has 0 spiro atoms. The third kappa shape index (κ3) is 5.10. The number of nitrogens with zero attached hydrogens (tertiary/aromatic N) is 1. The normalized spacial score (nSPS) is 30.1. The minimum Gasteiger partial charge on any atom is -0.353 e. The molecule has 0 aromatic heterocycles. The smallest absolute Gasteiger partial charge is 0.225 e. The monoisotopic (exact) mass is 371 g/mol. The summed E-state index contributed by atoms with van der Waals surface area (Å²) in [5.41, 5.74) is 0. The van der Waals surface area contributed by atoms with Crippen molar-refractivity contribution in [3.05, 3.63) is 0 Å². The van der Waals surface area contributed by atoms with Crippen molar-refractivity contribution in [1.29, 1.82) is 0 Å². The van der Waals surface area contributed by atoms with Gasteiger partial charge in [-0.25, -0.2) is 0 Å². The molecule has 3 fully saturated rings. The van der Waals surface area contributed by atoms with Gasteiger partial charge < -0.3 is 15.5 Å². The first-order chi connectivity index (χ1) is 11.7. The van der Waals surface area contributed by atoms with Crippen molar-refractivity contribution in [1.82, 2.24) is 15.5 Å². The molecule has 2 aliphatic carbocycles. The number of likely N-dealkylation sites (N-methyl/N-ethyl adjacent to an activating group) is 1. The third-order valence-corrected chi connectivity index (χ3v) is 6.25. The number of hydrogen-bond acceptors (Lipinski definition) is 3. The van der Waals surface area contributed by atoms with Crippen LogP contribution in [0.1, 0.15) is 64.2 Å². The summed E-state index contributed by atoms with van der Waals surface area (Å²) in [5, 5.41) is 6.46. The van der Waals surface area contributed by atoms with E-state index in [9.17, 15) is 9.59 Å². The van der Waals surface area contributed by atoms with Crippen LogP contribution < -0.4 is 10.6 Å². The van der Waals surface area contributed by atoms with Crippen LogP contribution in [0.3, 0.4) is 0 Å². The van der Waals surface area contributed by atoms with Crippen LogP contribution in [0, 0.1) is 11.8 Å². The number of rotatable bonds is 5. The van der Waals surface area contributed by atoms with Crippen LogP contribution in [0.15, 0.2) is 0 Å². The second kappa shape index (κ2) is 9.77. The number of nitrogens with one attached hydrogen (secondary N) is 2. The van der Waals surface area contributed by atoms with Gasteiger partial charge in [-0.3, -0.25) is 9.59 Å². The number of carbonyl (C=O) groups is 2. The molecule has 0 bridgehead atoms. The molecule has 6 heteroatoms. The van der Waals surface area contributed by atoms with E-state index in [2.05, 4.69) is 15.5 Å². The van der Waals surface area contributed by atoms with Gasteiger partial charge in [0.15, 0.2) is 0 Å². The number of carbonyl (C=O) groups excluding carboxylic acids is 2. The summed E-state index contributed by atoms with van der Waals surface area (Å²) in [6.45, 7) is 1.82. The van der Waals surface area contributed by atoms with Gasteiger partial charge in [0, 0.05) is 37.0 Å². The van der Waals surface area contributed by atoms with E-state index in [4.69, 9.17) is 0 Å². The Bertz CT molecular complexity index is 446. The largest absolute Gasteiger partial charge is 0.353 e. The molecule has 144 valence electrons. The highest BCUT2D eigenvalue weighted by molar-refractivity contribution is 5.85. The average molecular weight is 372 g/mol. The fourth-order valence-corrected chi connectivity index (χ4v) is 4.80. The van der Waals surface area contributed by atoms with E-state index >= 15 is 0 Å². The fraction of sp³-hybridized carbons (Fsp3) is 0.895. The van der Waals surface area contributed by atoms with E-state index in [1.165, 1.54) is 12.8 Å². The zero-order chi connectivity index (χ0) is 16.9. The van der Waals surface area contributed by atoms with E-state index in [1.807, 2.05) is 7.05 Å². The van der Waals surface area contributed by atoms with Gasteiger partial charge in [-0.15, -0.1) is 12.4 Å². The summed E-state index contributed by atoms with van der Waals surface area (Å²) in [5.74, 6) is 1.03. The Morgan fingerprint density at radius 2 is 1.60 bits per heavy atom. The lowest BCUT2D eigenvalue weighted by atomic mass is 9.84. The first kappa shape index (κ1) is 20.5. The quantitative estimate of drug-likeness (QED) is 0.780. The van der Waals surface area contributed by atoms with Crippen LogP contribution in [-0.4, -0.2) is 48.9 Å². The topological polar surface area (TPSA) is 61.4 Å². The molecule has 2 saturated carbocycles. The van der Waals surface area contributed by atoms with Crippen molar-refractivity contribution in [3.63, 3.8) is 0 Å². The lowest BCUT2D eigenvalue weighted by molar-refractivity contribution is -0.137. The van der Waals surface area contributed by atoms with Crippen molar-refractivity contribution in [2.24, 2.45) is 11.8 Å². The van der Waals surface area contributed by atoms with Gasteiger partial charge in [0.25, 0.3) is 0 Å². The maximum absolute atomic E-state index is 12.8. The average Bonchev–Trinajstić information content (AvgIpc) is 3.27. The summed E-state index contributed by atoms with van der Waals surface area (Å²) >= 11 is 0. The van der Waals surface area contributed by atoms with E-state index in [0.717, 1.165) is 64.5 Å². The molecule has 2 N–H and O–H groups in total. The minimum atomic E-state index is 0. The minimum absolute atomic E-state index is 0. The SMILES string of the molecule is CNCC1CCCN1C(=O)C1CCC(NC(=O)C2CCCC2)CC1.Cl. The highest BCUT2D eigenvalue weighted by atomic mass is 35.5. The van der Waals surface area contributed by atoms with E-state index in [0.29, 0.717) is 11.9 Å². The molecule has 1 heterocycles. The maximum Gasteiger partial charge on any atom is 0.225 e. The summed E-state index contributed by atoms with van der Waals surface area (Å²) < 4.78 is 0. The zero-order valence-corrected chi connectivity index (χ0v) is 16.3. The van der Waals surface area contributed by atoms with E-state index in [-0.39, 0.29) is 36.2 Å². The van der Waals surface area contributed by atoms with Gasteiger partial charge in [0.2, 0.25) is 11.8 Å². The van der Waals surface area contributed by atoms with Gasteiger partial charge in [-0.2, -0.15) is 0 Å². The number of amides is 2. The van der Waals surface area contributed by atoms with Crippen molar-refractivity contribution in [2.75, 3.05) is 20.1 Å². The maximum atomic E-state index is 12.8. The lowest BCUT2D eigenvalue weighted by Crippen LogP contribution is -2.46. The molecule has 0 aromatic rings. The van der Waals surface area contributed by atoms with Crippen LogP contribution in [0.5, 0.6) is 0 Å². The van der Waals surface area contributed by atoms with E-state index in [1.54, 1.807) is 0 Å². The number of hydrogen-bond donors (Lipinski definition) is 2. The van der Waals surface area contributed by atoms with Crippen LogP contribution in [0.2, 0.25) is 0 Å². The molecular formula is C19H34ClN3O2. The highest BCUT2D eigenvalue weighted by Gasteiger charge is 2.35. The zero-order valence-electron chi connectivity index (χ0n) is 15.5. The molecule has 25 heavy (non-hydrogen) atoms. The first-order valence-corrected chi connectivity index (χ1v) is 9.94. The van der Waals surface area contributed by atoms with Crippen molar-refractivity contribution < 1.29 is 9.59 Å². The number of likely N-dealkylation sites (tertiary alicyclic amines) is 1. The predicted octanol–water partition coefficient (Wildman–Crippen LogP) is 2.48. The molecule has 0 radical (unpaired) electrons. The molecule has 1 atom stereocenters. The summed E-state index contributed by atoms with van der Waals surface area (Å²) in [4.78, 5) is 27.2. The van der Waals surface area contributed by atoms with Gasteiger partial charge in [-0.05, 0) is 58.4 Å². The molecule has 1 aliphatic heterocycles. The Balaban J connectivity index is 0.00000225. The van der Waals surface area contributed by atoms with Crippen LogP contribution in [-0.2, 0) is 9.59 Å². The Morgan fingerprint density at radius 3 is 2.24 bits per heavy atom. The summed E-state index contributed by atoms with van der Waals surface area (Å²) in [6.07, 6.45) is 10.5. The van der Waals surface area contributed by atoms with Crippen LogP contribution in [0.25, 0.3) is 0 Å². The van der Waals surface area contributed by atoms with Gasteiger partial charge in [0.05, 0.1) is 0 Å².